The lowest BCUT2D eigenvalue weighted by Gasteiger charge is -2.06. The molecule has 0 aliphatic carbocycles. The normalized spacial score (nSPS) is 10.7. The molecule has 3 aromatic rings. The minimum atomic E-state index is 0.760. The van der Waals surface area contributed by atoms with Gasteiger partial charge in [-0.25, -0.2) is 0 Å². The lowest BCUT2D eigenvalue weighted by atomic mass is 10.2. The standard InChI is InChI=1S/C16H18N4O/c1-2-4-15-9-12-20(18-15)21-16-7-5-14(6-8-16)13-19-11-3-10-17-19/h3,5-12H,2,4,13H2,1H3. The number of nitrogens with zero attached hydrogens (tertiary/aromatic N) is 4. The van der Waals surface area contributed by atoms with Gasteiger partial charge in [-0.3, -0.25) is 4.68 Å². The Labute approximate surface area is 123 Å². The first-order chi connectivity index (χ1) is 10.3. The summed E-state index contributed by atoms with van der Waals surface area (Å²) in [6.45, 7) is 2.90. The van der Waals surface area contributed by atoms with Crippen molar-refractivity contribution in [1.82, 2.24) is 19.7 Å². The van der Waals surface area contributed by atoms with Crippen molar-refractivity contribution in [2.75, 3.05) is 0 Å². The fourth-order valence-corrected chi connectivity index (χ4v) is 2.13. The van der Waals surface area contributed by atoms with Crippen LogP contribution in [0.4, 0.5) is 0 Å². The Bertz CT molecular complexity index is 671. The summed E-state index contributed by atoms with van der Waals surface area (Å²) in [5.41, 5.74) is 2.23. The average Bonchev–Trinajstić information content (AvgIpc) is 3.14. The van der Waals surface area contributed by atoms with Gasteiger partial charge in [0.25, 0.3) is 0 Å². The van der Waals surface area contributed by atoms with E-state index in [2.05, 4.69) is 17.1 Å². The van der Waals surface area contributed by atoms with E-state index in [1.165, 1.54) is 10.4 Å². The van der Waals surface area contributed by atoms with Crippen molar-refractivity contribution < 1.29 is 4.84 Å². The fourth-order valence-electron chi connectivity index (χ4n) is 2.13. The molecule has 5 heteroatoms. The van der Waals surface area contributed by atoms with Crippen LogP contribution in [0.1, 0.15) is 24.6 Å². The van der Waals surface area contributed by atoms with E-state index in [0.717, 1.165) is 30.8 Å². The molecule has 0 saturated carbocycles. The van der Waals surface area contributed by atoms with Gasteiger partial charge in [-0.2, -0.15) is 5.10 Å². The molecule has 108 valence electrons. The van der Waals surface area contributed by atoms with Crippen molar-refractivity contribution in [2.45, 2.75) is 26.3 Å². The summed E-state index contributed by atoms with van der Waals surface area (Å²) >= 11 is 0. The van der Waals surface area contributed by atoms with Gasteiger partial charge in [-0.1, -0.05) is 25.5 Å². The quantitative estimate of drug-likeness (QED) is 0.698. The zero-order chi connectivity index (χ0) is 14.5. The molecular weight excluding hydrogens is 264 g/mol. The van der Waals surface area contributed by atoms with E-state index < -0.39 is 0 Å². The topological polar surface area (TPSA) is 44.9 Å². The van der Waals surface area contributed by atoms with Crippen LogP contribution in [0.2, 0.25) is 0 Å². The van der Waals surface area contributed by atoms with Gasteiger partial charge in [0.1, 0.15) is 0 Å². The molecule has 3 rings (SSSR count). The lowest BCUT2D eigenvalue weighted by Crippen LogP contribution is -2.06. The maximum atomic E-state index is 5.68. The van der Waals surface area contributed by atoms with Crippen molar-refractivity contribution in [3.63, 3.8) is 0 Å². The molecule has 21 heavy (non-hydrogen) atoms. The van der Waals surface area contributed by atoms with Gasteiger partial charge in [0, 0.05) is 12.4 Å². The van der Waals surface area contributed by atoms with Crippen molar-refractivity contribution in [3.05, 3.63) is 66.2 Å². The Morgan fingerprint density at radius 2 is 1.95 bits per heavy atom. The molecular formula is C16H18N4O. The van der Waals surface area contributed by atoms with E-state index in [-0.39, 0.29) is 0 Å². The van der Waals surface area contributed by atoms with Crippen LogP contribution in [-0.4, -0.2) is 19.7 Å². The molecule has 0 unspecified atom stereocenters. The van der Waals surface area contributed by atoms with Crippen LogP contribution in [0.15, 0.2) is 55.0 Å². The fraction of sp³-hybridized carbons (Fsp3) is 0.250. The highest BCUT2D eigenvalue weighted by molar-refractivity contribution is 5.27. The molecule has 2 aromatic heterocycles. The third-order valence-electron chi connectivity index (χ3n) is 3.15. The van der Waals surface area contributed by atoms with Crippen LogP contribution in [0.5, 0.6) is 5.75 Å². The molecule has 5 nitrogen and oxygen atoms in total. The van der Waals surface area contributed by atoms with Crippen molar-refractivity contribution in [2.24, 2.45) is 0 Å². The van der Waals surface area contributed by atoms with Crippen LogP contribution in [0, 0.1) is 0 Å². The van der Waals surface area contributed by atoms with Crippen LogP contribution >= 0.6 is 0 Å². The number of hydrogen-bond acceptors (Lipinski definition) is 3. The molecule has 0 amide bonds. The summed E-state index contributed by atoms with van der Waals surface area (Å²) in [6.07, 6.45) is 7.62. The smallest absolute Gasteiger partial charge is 0.157 e. The van der Waals surface area contributed by atoms with Gasteiger partial charge < -0.3 is 4.84 Å². The third kappa shape index (κ3) is 3.51. The van der Waals surface area contributed by atoms with Crippen molar-refractivity contribution >= 4 is 0 Å². The van der Waals surface area contributed by atoms with E-state index in [1.807, 2.05) is 53.5 Å². The van der Waals surface area contributed by atoms with E-state index >= 15 is 0 Å². The zero-order valence-corrected chi connectivity index (χ0v) is 12.0. The predicted octanol–water partition coefficient (Wildman–Crippen LogP) is 2.92. The Morgan fingerprint density at radius 1 is 1.10 bits per heavy atom. The molecule has 1 aromatic carbocycles. The maximum Gasteiger partial charge on any atom is 0.157 e. The molecule has 2 heterocycles. The van der Waals surface area contributed by atoms with E-state index in [9.17, 15) is 0 Å². The summed E-state index contributed by atoms with van der Waals surface area (Å²) in [4.78, 5) is 7.19. The van der Waals surface area contributed by atoms with Gasteiger partial charge in [0.15, 0.2) is 5.75 Å². The first-order valence-electron chi connectivity index (χ1n) is 7.13. The molecule has 0 fully saturated rings. The first-order valence-corrected chi connectivity index (χ1v) is 7.13. The Morgan fingerprint density at radius 3 is 2.67 bits per heavy atom. The Kier molecular flexibility index (Phi) is 4.00. The summed E-state index contributed by atoms with van der Waals surface area (Å²) < 4.78 is 1.89. The Balaban J connectivity index is 1.63. The highest BCUT2D eigenvalue weighted by atomic mass is 16.7. The minimum Gasteiger partial charge on any atom is -0.358 e. The summed E-state index contributed by atoms with van der Waals surface area (Å²) in [5.74, 6) is 0.769. The predicted molar refractivity (Wildman–Crippen MR) is 80.0 cm³/mol. The SMILES string of the molecule is CCCc1ccn(Oc2ccc(Cn3cccn3)cc2)n1. The maximum absolute atomic E-state index is 5.68. The van der Waals surface area contributed by atoms with Gasteiger partial charge >= 0.3 is 0 Å². The van der Waals surface area contributed by atoms with Crippen LogP contribution in [0.3, 0.4) is 0 Å². The summed E-state index contributed by atoms with van der Waals surface area (Å²) in [5, 5.41) is 8.55. The minimum absolute atomic E-state index is 0.760. The second-order valence-electron chi connectivity index (χ2n) is 4.90. The van der Waals surface area contributed by atoms with Gasteiger partial charge in [0.05, 0.1) is 18.4 Å². The zero-order valence-electron chi connectivity index (χ0n) is 12.0. The van der Waals surface area contributed by atoms with Crippen LogP contribution in [-0.2, 0) is 13.0 Å². The average molecular weight is 282 g/mol. The third-order valence-corrected chi connectivity index (χ3v) is 3.15. The molecule has 0 saturated heterocycles. The van der Waals surface area contributed by atoms with Crippen molar-refractivity contribution in [1.29, 1.82) is 0 Å². The second kappa shape index (κ2) is 6.26. The highest BCUT2D eigenvalue weighted by Gasteiger charge is 2.01. The van der Waals surface area contributed by atoms with E-state index in [1.54, 1.807) is 6.20 Å². The number of aryl methyl sites for hydroxylation is 1. The molecule has 0 aliphatic rings. The number of benzene rings is 1. The molecule has 0 bridgehead atoms. The largest absolute Gasteiger partial charge is 0.358 e. The van der Waals surface area contributed by atoms with Crippen LogP contribution in [0.25, 0.3) is 0 Å². The molecule has 0 atom stereocenters. The van der Waals surface area contributed by atoms with Gasteiger partial charge in [-0.15, -0.1) is 9.94 Å². The summed E-state index contributed by atoms with van der Waals surface area (Å²) in [7, 11) is 0. The monoisotopic (exact) mass is 282 g/mol. The number of aromatic nitrogens is 4. The molecule has 0 radical (unpaired) electrons. The van der Waals surface area contributed by atoms with Gasteiger partial charge in [-0.05, 0) is 36.2 Å². The van der Waals surface area contributed by atoms with E-state index in [4.69, 9.17) is 4.84 Å². The van der Waals surface area contributed by atoms with E-state index in [0.29, 0.717) is 0 Å². The lowest BCUT2D eigenvalue weighted by molar-refractivity contribution is 0.177. The van der Waals surface area contributed by atoms with Gasteiger partial charge in [0.2, 0.25) is 0 Å². The molecule has 0 aliphatic heterocycles. The van der Waals surface area contributed by atoms with Crippen molar-refractivity contribution in [3.8, 4) is 5.75 Å². The summed E-state index contributed by atoms with van der Waals surface area (Å²) in [6, 6.07) is 11.9. The molecule has 0 spiro atoms. The highest BCUT2D eigenvalue weighted by Crippen LogP contribution is 2.13. The number of hydrogen-bond donors (Lipinski definition) is 0. The molecule has 0 N–H and O–H groups in total. The first kappa shape index (κ1) is 13.4. The van der Waals surface area contributed by atoms with Crippen LogP contribution < -0.4 is 4.84 Å². The number of rotatable bonds is 6. The Hall–Kier alpha value is -2.56. The second-order valence-corrected chi connectivity index (χ2v) is 4.90.